The maximum atomic E-state index is 13.2. The van der Waals surface area contributed by atoms with Gasteiger partial charge < -0.3 is 9.84 Å². The van der Waals surface area contributed by atoms with E-state index in [-0.39, 0.29) is 0 Å². The molecule has 0 bridgehead atoms. The second kappa shape index (κ2) is 7.63. The van der Waals surface area contributed by atoms with Crippen molar-refractivity contribution in [2.24, 2.45) is 0 Å². The molecule has 0 saturated heterocycles. The Balaban J connectivity index is 5.78. The Bertz CT molecular complexity index is 476. The monoisotopic (exact) mass is 534 g/mol. The van der Waals surface area contributed by atoms with E-state index >= 15 is 0 Å². The first kappa shape index (κ1) is 25.7. The number of aliphatic hydroxyl groups excluding tert-OH is 1. The van der Waals surface area contributed by atoms with Gasteiger partial charge in [-0.2, -0.15) is 57.1 Å². The van der Waals surface area contributed by atoms with Gasteiger partial charge in [0.05, 0.1) is 17.1 Å². The molecular weight excluding hydrogens is 526 g/mol. The van der Waals surface area contributed by atoms with Crippen molar-refractivity contribution < 1.29 is 66.9 Å². The summed E-state index contributed by atoms with van der Waals surface area (Å²) in [6.45, 7) is -4.44. The Hall–Kier alpha value is -0.260. The van der Waals surface area contributed by atoms with Gasteiger partial charge in [0, 0.05) is 0 Å². The molecule has 0 aliphatic carbocycles. The third kappa shape index (κ3) is 4.25. The number of aliphatic hydroxyl groups is 1. The van der Waals surface area contributed by atoms with Crippen LogP contribution in [0.2, 0.25) is 0 Å². The summed E-state index contributed by atoms with van der Waals surface area (Å²) in [5, 5.41) is 8.49. The van der Waals surface area contributed by atoms with Gasteiger partial charge in [-0.05, 0) is 0 Å². The van der Waals surface area contributed by atoms with Crippen molar-refractivity contribution in [1.29, 1.82) is 0 Å². The van der Waals surface area contributed by atoms with Crippen LogP contribution in [0.25, 0.3) is 0 Å². The predicted molar refractivity (Wildman–Crippen MR) is 66.5 cm³/mol. The maximum absolute atomic E-state index is 13.2. The summed E-state index contributed by atoms with van der Waals surface area (Å²) >= 11 is 1.33. The molecular formula is C10H8F13IO2. The number of hydrogen-bond donors (Lipinski definition) is 1. The topological polar surface area (TPSA) is 29.5 Å². The van der Waals surface area contributed by atoms with Gasteiger partial charge in [-0.25, -0.2) is 0 Å². The second-order valence-electron chi connectivity index (χ2n) is 4.79. The van der Waals surface area contributed by atoms with Gasteiger partial charge in [0.1, 0.15) is 6.61 Å². The fourth-order valence-corrected chi connectivity index (χ4v) is 1.51. The molecule has 0 radical (unpaired) electrons. The van der Waals surface area contributed by atoms with E-state index in [0.717, 1.165) is 0 Å². The Morgan fingerprint density at radius 3 is 1.42 bits per heavy atom. The van der Waals surface area contributed by atoms with E-state index in [9.17, 15) is 57.1 Å². The molecule has 0 rings (SSSR count). The molecule has 0 heterocycles. The van der Waals surface area contributed by atoms with E-state index in [0.29, 0.717) is 0 Å². The van der Waals surface area contributed by atoms with Gasteiger partial charge in [-0.1, -0.05) is 22.6 Å². The molecule has 2 nitrogen and oxygen atoms in total. The number of hydrogen-bond acceptors (Lipinski definition) is 2. The number of halogens is 14. The first-order chi connectivity index (χ1) is 11.2. The lowest BCUT2D eigenvalue weighted by Crippen LogP contribution is -2.70. The highest BCUT2D eigenvalue weighted by Gasteiger charge is 2.90. The number of ether oxygens (including phenoxy) is 1. The lowest BCUT2D eigenvalue weighted by atomic mass is 9.94. The molecule has 0 saturated carbocycles. The molecule has 1 N–H and O–H groups in total. The van der Waals surface area contributed by atoms with Gasteiger partial charge in [0.15, 0.2) is 0 Å². The van der Waals surface area contributed by atoms with Gasteiger partial charge in [-0.15, -0.1) is 0 Å². The van der Waals surface area contributed by atoms with Crippen LogP contribution < -0.4 is 0 Å². The van der Waals surface area contributed by atoms with E-state index in [4.69, 9.17) is 5.11 Å². The summed E-state index contributed by atoms with van der Waals surface area (Å²) in [7, 11) is 0. The van der Waals surface area contributed by atoms with Gasteiger partial charge >= 0.3 is 35.8 Å². The molecule has 1 atom stereocenters. The smallest absolute Gasteiger partial charge is 0.395 e. The molecule has 0 fully saturated rings. The minimum absolute atomic E-state index is 0.755. The summed E-state index contributed by atoms with van der Waals surface area (Å²) < 4.78 is 168. The molecule has 0 aliphatic heterocycles. The van der Waals surface area contributed by atoms with Crippen LogP contribution in [-0.4, -0.2) is 64.6 Å². The first-order valence-corrected chi connectivity index (χ1v) is 7.23. The summed E-state index contributed by atoms with van der Waals surface area (Å²) in [6, 6.07) is 0. The van der Waals surface area contributed by atoms with Crippen molar-refractivity contribution in [3.63, 3.8) is 0 Å². The summed E-state index contributed by atoms with van der Waals surface area (Å²) in [4.78, 5) is 0. The van der Waals surface area contributed by atoms with Crippen LogP contribution in [0.15, 0.2) is 0 Å². The highest BCUT2D eigenvalue weighted by Crippen LogP contribution is 2.60. The minimum atomic E-state index is -7.91. The number of rotatable bonds is 9. The lowest BCUT2D eigenvalue weighted by molar-refractivity contribution is -0.441. The summed E-state index contributed by atoms with van der Waals surface area (Å²) in [5.41, 5.74) is 0. The first-order valence-electron chi connectivity index (χ1n) is 5.99. The molecule has 0 aromatic carbocycles. The van der Waals surface area contributed by atoms with Crippen molar-refractivity contribution in [3.05, 3.63) is 0 Å². The van der Waals surface area contributed by atoms with E-state index in [1.807, 2.05) is 0 Å². The van der Waals surface area contributed by atoms with Crippen molar-refractivity contribution >= 4 is 22.6 Å². The predicted octanol–water partition coefficient (Wildman–Crippen LogP) is 4.54. The average Bonchev–Trinajstić information content (AvgIpc) is 2.44. The zero-order valence-corrected chi connectivity index (χ0v) is 14.0. The molecule has 0 aromatic rings. The standard InChI is InChI=1S/C10H8F13IO2/c11-5(12,3-26-2-4(24)1-25)6(13,14)7(15,16)8(17,18)9(19,20)10(21,22)23/h4,25H,1-3H2. The molecule has 1 unspecified atom stereocenters. The Morgan fingerprint density at radius 2 is 1.08 bits per heavy atom. The second-order valence-corrected chi connectivity index (χ2v) is 6.56. The Labute approximate surface area is 149 Å². The van der Waals surface area contributed by atoms with Crippen LogP contribution in [0, 0.1) is 0 Å². The van der Waals surface area contributed by atoms with E-state index in [1.54, 1.807) is 0 Å². The van der Waals surface area contributed by atoms with Crippen LogP contribution in [-0.2, 0) is 4.74 Å². The minimum Gasteiger partial charge on any atom is -0.395 e. The zero-order valence-electron chi connectivity index (χ0n) is 11.8. The summed E-state index contributed by atoms with van der Waals surface area (Å²) in [5.74, 6) is -37.1. The van der Waals surface area contributed by atoms with E-state index < -0.39 is 59.5 Å². The van der Waals surface area contributed by atoms with Gasteiger partial charge in [0.2, 0.25) is 0 Å². The lowest BCUT2D eigenvalue weighted by Gasteiger charge is -2.39. The van der Waals surface area contributed by atoms with Crippen molar-refractivity contribution in [2.75, 3.05) is 19.8 Å². The van der Waals surface area contributed by atoms with Gasteiger partial charge in [0.25, 0.3) is 0 Å². The van der Waals surface area contributed by atoms with E-state index in [1.165, 1.54) is 22.6 Å². The highest BCUT2D eigenvalue weighted by molar-refractivity contribution is 14.1. The molecule has 0 amide bonds. The maximum Gasteiger partial charge on any atom is 0.460 e. The summed E-state index contributed by atoms with van der Waals surface area (Å²) in [6.07, 6.45) is -7.43. The molecule has 0 aromatic heterocycles. The SMILES string of the molecule is OCC(I)COCC(F)(F)C(F)(F)C(F)(F)C(F)(F)C(F)(F)C(F)(F)F. The Morgan fingerprint density at radius 1 is 0.692 bits per heavy atom. The van der Waals surface area contributed by atoms with E-state index in [2.05, 4.69) is 4.74 Å². The third-order valence-corrected chi connectivity index (χ3v) is 3.53. The van der Waals surface area contributed by atoms with Crippen LogP contribution in [0.4, 0.5) is 57.1 Å². The quantitative estimate of drug-likeness (QED) is 0.268. The average molecular weight is 534 g/mol. The molecule has 26 heavy (non-hydrogen) atoms. The Kier molecular flexibility index (Phi) is 7.56. The van der Waals surface area contributed by atoms with Crippen LogP contribution in [0.1, 0.15) is 0 Å². The fraction of sp³-hybridized carbons (Fsp3) is 1.00. The normalized spacial score (nSPS) is 16.7. The number of alkyl halides is 14. The van der Waals surface area contributed by atoms with Crippen molar-refractivity contribution in [2.45, 2.75) is 39.7 Å². The molecule has 0 aliphatic rings. The van der Waals surface area contributed by atoms with Crippen LogP contribution >= 0.6 is 22.6 Å². The molecule has 0 spiro atoms. The van der Waals surface area contributed by atoms with Crippen molar-refractivity contribution in [3.8, 4) is 0 Å². The van der Waals surface area contributed by atoms with Gasteiger partial charge in [-0.3, -0.25) is 0 Å². The third-order valence-electron chi connectivity index (χ3n) is 2.78. The zero-order chi connectivity index (χ0) is 21.4. The van der Waals surface area contributed by atoms with Crippen LogP contribution in [0.3, 0.4) is 0 Å². The molecule has 16 heteroatoms. The highest BCUT2D eigenvalue weighted by atomic mass is 127. The van der Waals surface area contributed by atoms with Crippen LogP contribution in [0.5, 0.6) is 0 Å². The largest absolute Gasteiger partial charge is 0.460 e. The molecule has 158 valence electrons. The van der Waals surface area contributed by atoms with Crippen molar-refractivity contribution in [1.82, 2.24) is 0 Å². The fourth-order valence-electron chi connectivity index (χ4n) is 1.26.